The van der Waals surface area contributed by atoms with Gasteiger partial charge in [-0.25, -0.2) is 0 Å². The van der Waals surface area contributed by atoms with Gasteiger partial charge < -0.3 is 16.0 Å². The molecular formula is C14H17Cl2N3O2. The van der Waals surface area contributed by atoms with Gasteiger partial charge in [-0.05, 0) is 19.1 Å². The van der Waals surface area contributed by atoms with Gasteiger partial charge in [0.05, 0.1) is 15.6 Å². The zero-order valence-corrected chi connectivity index (χ0v) is 13.1. The van der Waals surface area contributed by atoms with E-state index in [0.29, 0.717) is 17.5 Å². The van der Waals surface area contributed by atoms with Crippen molar-refractivity contribution in [3.8, 4) is 0 Å². The molecule has 5 nitrogen and oxygen atoms in total. The summed E-state index contributed by atoms with van der Waals surface area (Å²) in [4.78, 5) is 24.0. The molecule has 1 atom stereocenters. The summed E-state index contributed by atoms with van der Waals surface area (Å²) in [5.74, 6) is -0.164. The first-order valence-electron chi connectivity index (χ1n) is 6.72. The second kappa shape index (κ2) is 7.11. The third-order valence-corrected chi connectivity index (χ3v) is 4.19. The van der Waals surface area contributed by atoms with E-state index in [0.717, 1.165) is 13.1 Å². The number of hydrogen-bond acceptors (Lipinski definition) is 3. The van der Waals surface area contributed by atoms with Crippen molar-refractivity contribution in [1.29, 1.82) is 0 Å². The monoisotopic (exact) mass is 329 g/mol. The van der Waals surface area contributed by atoms with Crippen LogP contribution in [0, 0.1) is 5.92 Å². The van der Waals surface area contributed by atoms with E-state index >= 15 is 0 Å². The summed E-state index contributed by atoms with van der Waals surface area (Å²) in [6.07, 6.45) is 0. The predicted molar refractivity (Wildman–Crippen MR) is 82.8 cm³/mol. The van der Waals surface area contributed by atoms with Crippen LogP contribution in [0.2, 0.25) is 10.0 Å². The van der Waals surface area contributed by atoms with Gasteiger partial charge in [-0.3, -0.25) is 9.59 Å². The van der Waals surface area contributed by atoms with Crippen molar-refractivity contribution >= 4 is 35.0 Å². The van der Waals surface area contributed by atoms with Crippen molar-refractivity contribution in [3.05, 3.63) is 33.8 Å². The van der Waals surface area contributed by atoms with E-state index in [1.54, 1.807) is 25.1 Å². The van der Waals surface area contributed by atoms with Crippen molar-refractivity contribution in [1.82, 2.24) is 16.0 Å². The number of amides is 2. The summed E-state index contributed by atoms with van der Waals surface area (Å²) in [7, 11) is 0. The van der Waals surface area contributed by atoms with Gasteiger partial charge >= 0.3 is 0 Å². The maximum atomic E-state index is 12.1. The molecule has 0 bridgehead atoms. The van der Waals surface area contributed by atoms with Crippen LogP contribution < -0.4 is 16.0 Å². The van der Waals surface area contributed by atoms with Crippen LogP contribution in [0.15, 0.2) is 18.2 Å². The van der Waals surface area contributed by atoms with Gasteiger partial charge in [0.15, 0.2) is 0 Å². The highest BCUT2D eigenvalue weighted by molar-refractivity contribution is 6.43. The van der Waals surface area contributed by atoms with E-state index in [4.69, 9.17) is 23.2 Å². The van der Waals surface area contributed by atoms with Crippen molar-refractivity contribution in [2.24, 2.45) is 5.92 Å². The third kappa shape index (κ3) is 4.09. The highest BCUT2D eigenvalue weighted by Gasteiger charge is 2.21. The summed E-state index contributed by atoms with van der Waals surface area (Å²) in [5.41, 5.74) is 0.256. The molecule has 1 fully saturated rings. The highest BCUT2D eigenvalue weighted by atomic mass is 35.5. The molecule has 1 unspecified atom stereocenters. The SMILES string of the molecule is CC(NC(=O)c1cccc(Cl)c1Cl)C(=O)NCC1CNC1. The Labute approximate surface area is 133 Å². The lowest BCUT2D eigenvalue weighted by atomic mass is 10.0. The topological polar surface area (TPSA) is 70.2 Å². The molecular weight excluding hydrogens is 313 g/mol. The number of rotatable bonds is 5. The number of carbonyl (C=O) groups is 2. The summed E-state index contributed by atoms with van der Waals surface area (Å²) in [6, 6.07) is 4.16. The third-order valence-electron chi connectivity index (χ3n) is 3.37. The van der Waals surface area contributed by atoms with Crippen molar-refractivity contribution in [2.45, 2.75) is 13.0 Å². The number of carbonyl (C=O) groups excluding carboxylic acids is 2. The van der Waals surface area contributed by atoms with E-state index in [9.17, 15) is 9.59 Å². The van der Waals surface area contributed by atoms with E-state index in [-0.39, 0.29) is 16.5 Å². The minimum atomic E-state index is -0.638. The molecule has 1 aliphatic heterocycles. The fourth-order valence-corrected chi connectivity index (χ4v) is 2.30. The van der Waals surface area contributed by atoms with Gasteiger partial charge in [0.25, 0.3) is 5.91 Å². The molecule has 21 heavy (non-hydrogen) atoms. The Morgan fingerprint density at radius 1 is 1.38 bits per heavy atom. The highest BCUT2D eigenvalue weighted by Crippen LogP contribution is 2.25. The Morgan fingerprint density at radius 3 is 2.71 bits per heavy atom. The fourth-order valence-electron chi connectivity index (χ4n) is 1.91. The van der Waals surface area contributed by atoms with E-state index in [2.05, 4.69) is 16.0 Å². The Morgan fingerprint density at radius 2 is 2.10 bits per heavy atom. The Hall–Kier alpha value is -1.30. The maximum Gasteiger partial charge on any atom is 0.253 e. The zero-order valence-electron chi connectivity index (χ0n) is 11.6. The number of hydrogen-bond donors (Lipinski definition) is 3. The lowest BCUT2D eigenvalue weighted by molar-refractivity contribution is -0.122. The minimum absolute atomic E-state index is 0.185. The second-order valence-electron chi connectivity index (χ2n) is 5.07. The van der Waals surface area contributed by atoms with E-state index in [1.165, 1.54) is 0 Å². The van der Waals surface area contributed by atoms with Crippen LogP contribution in [0.5, 0.6) is 0 Å². The Bertz CT molecular complexity index is 547. The predicted octanol–water partition coefficient (Wildman–Crippen LogP) is 1.45. The molecule has 1 heterocycles. The van der Waals surface area contributed by atoms with Crippen LogP contribution in [0.25, 0.3) is 0 Å². The lowest BCUT2D eigenvalue weighted by Gasteiger charge is -2.27. The van der Waals surface area contributed by atoms with Gasteiger partial charge in [0.2, 0.25) is 5.91 Å². The summed E-state index contributed by atoms with van der Waals surface area (Å²) >= 11 is 11.8. The minimum Gasteiger partial charge on any atom is -0.354 e. The number of benzene rings is 1. The van der Waals surface area contributed by atoms with Gasteiger partial charge in [-0.1, -0.05) is 29.3 Å². The molecule has 1 saturated heterocycles. The lowest BCUT2D eigenvalue weighted by Crippen LogP contribution is -2.51. The van der Waals surface area contributed by atoms with Crippen LogP contribution in [-0.2, 0) is 4.79 Å². The molecule has 0 radical (unpaired) electrons. The fraction of sp³-hybridized carbons (Fsp3) is 0.429. The molecule has 2 rings (SSSR count). The van der Waals surface area contributed by atoms with Crippen LogP contribution in [-0.4, -0.2) is 37.5 Å². The molecule has 2 amide bonds. The van der Waals surface area contributed by atoms with Crippen molar-refractivity contribution in [3.63, 3.8) is 0 Å². The van der Waals surface area contributed by atoms with Gasteiger partial charge in [0, 0.05) is 25.6 Å². The normalized spacial score (nSPS) is 16.0. The Balaban J connectivity index is 1.88. The number of nitrogens with one attached hydrogen (secondary N) is 3. The first-order chi connectivity index (χ1) is 9.99. The average Bonchev–Trinajstić information content (AvgIpc) is 2.39. The van der Waals surface area contributed by atoms with Gasteiger partial charge in [-0.2, -0.15) is 0 Å². The number of halogens is 2. The first-order valence-corrected chi connectivity index (χ1v) is 7.48. The molecule has 114 valence electrons. The zero-order chi connectivity index (χ0) is 15.4. The largest absolute Gasteiger partial charge is 0.354 e. The van der Waals surface area contributed by atoms with Crippen LogP contribution in [0.1, 0.15) is 17.3 Å². The molecule has 7 heteroatoms. The van der Waals surface area contributed by atoms with Crippen LogP contribution >= 0.6 is 23.2 Å². The van der Waals surface area contributed by atoms with Crippen LogP contribution in [0.3, 0.4) is 0 Å². The van der Waals surface area contributed by atoms with Gasteiger partial charge in [-0.15, -0.1) is 0 Å². The van der Waals surface area contributed by atoms with E-state index in [1.807, 2.05) is 0 Å². The van der Waals surface area contributed by atoms with Gasteiger partial charge in [0.1, 0.15) is 6.04 Å². The van der Waals surface area contributed by atoms with Crippen molar-refractivity contribution < 1.29 is 9.59 Å². The smallest absolute Gasteiger partial charge is 0.253 e. The standard InChI is InChI=1S/C14H17Cl2N3O2/c1-8(13(20)18-7-9-5-17-6-9)19-14(21)10-3-2-4-11(15)12(10)16/h2-4,8-9,17H,5-7H2,1H3,(H,18,20)(H,19,21). The molecule has 0 saturated carbocycles. The summed E-state index contributed by atoms with van der Waals surface area (Å²) in [5, 5.41) is 9.05. The summed E-state index contributed by atoms with van der Waals surface area (Å²) < 4.78 is 0. The molecule has 0 spiro atoms. The molecule has 1 aliphatic rings. The first kappa shape index (κ1) is 16.1. The second-order valence-corrected chi connectivity index (χ2v) is 5.85. The average molecular weight is 330 g/mol. The van der Waals surface area contributed by atoms with E-state index < -0.39 is 11.9 Å². The summed E-state index contributed by atoms with van der Waals surface area (Å²) in [6.45, 7) is 4.08. The molecule has 0 aromatic heterocycles. The molecule has 0 aliphatic carbocycles. The molecule has 1 aromatic carbocycles. The maximum absolute atomic E-state index is 12.1. The molecule has 1 aromatic rings. The Kier molecular flexibility index (Phi) is 5.45. The van der Waals surface area contributed by atoms with Crippen LogP contribution in [0.4, 0.5) is 0 Å². The quantitative estimate of drug-likeness (QED) is 0.765. The van der Waals surface area contributed by atoms with Crippen molar-refractivity contribution in [2.75, 3.05) is 19.6 Å². The molecule has 3 N–H and O–H groups in total.